The summed E-state index contributed by atoms with van der Waals surface area (Å²) in [4.78, 5) is 22.9. The molecule has 1 heterocycles. The number of hydrogen-bond acceptors (Lipinski definition) is 4. The zero-order valence-electron chi connectivity index (χ0n) is 9.94. The average Bonchev–Trinajstić information content (AvgIpc) is 2.96. The van der Waals surface area contributed by atoms with Crippen LogP contribution in [-0.4, -0.2) is 36.6 Å². The lowest BCUT2D eigenvalue weighted by atomic mass is 10.1. The maximum absolute atomic E-state index is 11.5. The zero-order chi connectivity index (χ0) is 13.0. The minimum absolute atomic E-state index is 0.0893. The molecule has 1 aliphatic rings. The summed E-state index contributed by atoms with van der Waals surface area (Å²) in [5.41, 5.74) is -0.124. The quantitative estimate of drug-likeness (QED) is 0.659. The number of rotatable bonds is 6. The van der Waals surface area contributed by atoms with Crippen molar-refractivity contribution in [2.45, 2.75) is 12.8 Å². The second-order valence-corrected chi connectivity index (χ2v) is 4.59. The first-order valence-corrected chi connectivity index (χ1v) is 5.84. The summed E-state index contributed by atoms with van der Waals surface area (Å²) in [5, 5.41) is 14.2. The van der Waals surface area contributed by atoms with E-state index in [0.29, 0.717) is 6.54 Å². The molecule has 6 heteroatoms. The van der Waals surface area contributed by atoms with Crippen molar-refractivity contribution in [3.05, 3.63) is 24.2 Å². The van der Waals surface area contributed by atoms with Crippen LogP contribution in [0.25, 0.3) is 0 Å². The molecule has 1 aromatic heterocycles. The van der Waals surface area contributed by atoms with Crippen LogP contribution in [0.2, 0.25) is 0 Å². The summed E-state index contributed by atoms with van der Waals surface area (Å²) in [6, 6.07) is 3.13. The Kier molecular flexibility index (Phi) is 3.66. The van der Waals surface area contributed by atoms with E-state index in [1.165, 1.54) is 12.3 Å². The molecule has 18 heavy (non-hydrogen) atoms. The van der Waals surface area contributed by atoms with Gasteiger partial charge >= 0.3 is 0 Å². The number of aliphatic hydroxyl groups excluding tert-OH is 1. The summed E-state index contributed by atoms with van der Waals surface area (Å²) >= 11 is 0. The summed E-state index contributed by atoms with van der Waals surface area (Å²) in [6.07, 6.45) is 3.26. The van der Waals surface area contributed by atoms with E-state index in [-0.39, 0.29) is 30.2 Å². The highest BCUT2D eigenvalue weighted by Gasteiger charge is 2.41. The highest BCUT2D eigenvalue weighted by Crippen LogP contribution is 2.44. The van der Waals surface area contributed by atoms with Gasteiger partial charge in [-0.25, -0.2) is 0 Å². The number of carbonyl (C=O) groups is 2. The number of aliphatic hydroxyl groups is 1. The lowest BCUT2D eigenvalue weighted by molar-refractivity contribution is -0.120. The van der Waals surface area contributed by atoms with Gasteiger partial charge in [0.05, 0.1) is 19.4 Å². The van der Waals surface area contributed by atoms with Gasteiger partial charge in [-0.15, -0.1) is 0 Å². The smallest absolute Gasteiger partial charge is 0.287 e. The lowest BCUT2D eigenvalue weighted by Crippen LogP contribution is -2.39. The Morgan fingerprint density at radius 2 is 2.17 bits per heavy atom. The fourth-order valence-electron chi connectivity index (χ4n) is 1.57. The minimum Gasteiger partial charge on any atom is -0.459 e. The Balaban J connectivity index is 1.67. The Bertz CT molecular complexity index is 423. The van der Waals surface area contributed by atoms with E-state index in [1.54, 1.807) is 6.07 Å². The third-order valence-corrected chi connectivity index (χ3v) is 3.11. The van der Waals surface area contributed by atoms with Crippen molar-refractivity contribution < 1.29 is 19.1 Å². The van der Waals surface area contributed by atoms with Crippen LogP contribution in [0.5, 0.6) is 0 Å². The highest BCUT2D eigenvalue weighted by molar-refractivity contribution is 5.94. The van der Waals surface area contributed by atoms with Gasteiger partial charge in [-0.3, -0.25) is 9.59 Å². The van der Waals surface area contributed by atoms with Gasteiger partial charge in [0.15, 0.2) is 5.76 Å². The molecule has 1 saturated carbocycles. The van der Waals surface area contributed by atoms with Crippen molar-refractivity contribution in [3.63, 3.8) is 0 Å². The zero-order valence-corrected chi connectivity index (χ0v) is 9.94. The van der Waals surface area contributed by atoms with Crippen molar-refractivity contribution >= 4 is 11.8 Å². The Morgan fingerprint density at radius 3 is 2.72 bits per heavy atom. The lowest BCUT2D eigenvalue weighted by Gasteiger charge is -2.12. The van der Waals surface area contributed by atoms with E-state index in [9.17, 15) is 9.59 Å². The molecule has 1 fully saturated rings. The van der Waals surface area contributed by atoms with Crippen LogP contribution in [0.4, 0.5) is 0 Å². The van der Waals surface area contributed by atoms with E-state index < -0.39 is 5.91 Å². The van der Waals surface area contributed by atoms with Crippen molar-refractivity contribution in [2.75, 3.05) is 19.7 Å². The molecule has 1 aliphatic carbocycles. The van der Waals surface area contributed by atoms with Gasteiger partial charge in [-0.2, -0.15) is 0 Å². The Morgan fingerprint density at radius 1 is 1.39 bits per heavy atom. The maximum Gasteiger partial charge on any atom is 0.287 e. The van der Waals surface area contributed by atoms with Crippen LogP contribution in [0.15, 0.2) is 22.8 Å². The van der Waals surface area contributed by atoms with Gasteiger partial charge in [0.1, 0.15) is 0 Å². The molecule has 2 rings (SSSR count). The van der Waals surface area contributed by atoms with Crippen LogP contribution in [-0.2, 0) is 4.79 Å². The molecule has 0 unspecified atom stereocenters. The molecule has 0 aliphatic heterocycles. The second kappa shape index (κ2) is 5.22. The highest BCUT2D eigenvalue weighted by atomic mass is 16.3. The molecule has 98 valence electrons. The maximum atomic E-state index is 11.5. The molecule has 2 amide bonds. The van der Waals surface area contributed by atoms with E-state index in [0.717, 1.165) is 12.8 Å². The standard InChI is InChI=1S/C12H16N2O4/c15-8-12(3-4-12)7-14-10(16)6-13-11(17)9-2-1-5-18-9/h1-2,5,15H,3-4,6-8H2,(H,13,17)(H,14,16). The molecular weight excluding hydrogens is 236 g/mol. The van der Waals surface area contributed by atoms with E-state index in [4.69, 9.17) is 9.52 Å². The van der Waals surface area contributed by atoms with Crippen LogP contribution < -0.4 is 10.6 Å². The first-order valence-electron chi connectivity index (χ1n) is 5.84. The van der Waals surface area contributed by atoms with Gasteiger partial charge in [0, 0.05) is 12.0 Å². The largest absolute Gasteiger partial charge is 0.459 e. The first-order chi connectivity index (χ1) is 8.65. The third kappa shape index (κ3) is 3.10. The number of furan rings is 1. The summed E-state index contributed by atoms with van der Waals surface area (Å²) in [6.45, 7) is 0.450. The molecule has 0 saturated heterocycles. The van der Waals surface area contributed by atoms with Crippen molar-refractivity contribution in [3.8, 4) is 0 Å². The number of amides is 2. The summed E-state index contributed by atoms with van der Waals surface area (Å²) < 4.78 is 4.89. The fourth-order valence-corrected chi connectivity index (χ4v) is 1.57. The topological polar surface area (TPSA) is 91.6 Å². The van der Waals surface area contributed by atoms with Crippen LogP contribution in [0, 0.1) is 5.41 Å². The van der Waals surface area contributed by atoms with Gasteiger partial charge in [-0.1, -0.05) is 0 Å². The number of carbonyl (C=O) groups excluding carboxylic acids is 2. The first kappa shape index (κ1) is 12.6. The molecular formula is C12H16N2O4. The summed E-state index contributed by atoms with van der Waals surface area (Å²) in [5.74, 6) is -0.509. The fraction of sp³-hybridized carbons (Fsp3) is 0.500. The van der Waals surface area contributed by atoms with Gasteiger partial charge < -0.3 is 20.2 Å². The van der Waals surface area contributed by atoms with E-state index in [2.05, 4.69) is 10.6 Å². The SMILES string of the molecule is O=C(CNC(=O)c1ccco1)NCC1(CO)CC1. The normalized spacial score (nSPS) is 16.1. The molecule has 0 radical (unpaired) electrons. The van der Waals surface area contributed by atoms with Crippen LogP contribution >= 0.6 is 0 Å². The van der Waals surface area contributed by atoms with E-state index >= 15 is 0 Å². The summed E-state index contributed by atoms with van der Waals surface area (Å²) in [7, 11) is 0. The molecule has 0 bridgehead atoms. The predicted molar refractivity (Wildman–Crippen MR) is 62.8 cm³/mol. The van der Waals surface area contributed by atoms with Crippen molar-refractivity contribution in [1.82, 2.24) is 10.6 Å². The predicted octanol–water partition coefficient (Wildman–Crippen LogP) is -0.102. The number of nitrogens with one attached hydrogen (secondary N) is 2. The molecule has 0 aromatic carbocycles. The van der Waals surface area contributed by atoms with Gasteiger partial charge in [-0.05, 0) is 25.0 Å². The molecule has 3 N–H and O–H groups in total. The van der Waals surface area contributed by atoms with Crippen molar-refractivity contribution in [2.24, 2.45) is 5.41 Å². The molecule has 1 aromatic rings. The van der Waals surface area contributed by atoms with Crippen molar-refractivity contribution in [1.29, 1.82) is 0 Å². The molecule has 0 spiro atoms. The molecule has 6 nitrogen and oxygen atoms in total. The molecule has 0 atom stereocenters. The van der Waals surface area contributed by atoms with Crippen LogP contribution in [0.3, 0.4) is 0 Å². The van der Waals surface area contributed by atoms with Gasteiger partial charge in [0.2, 0.25) is 5.91 Å². The Hall–Kier alpha value is -1.82. The monoisotopic (exact) mass is 252 g/mol. The minimum atomic E-state index is -0.418. The average molecular weight is 252 g/mol. The van der Waals surface area contributed by atoms with Crippen LogP contribution in [0.1, 0.15) is 23.4 Å². The third-order valence-electron chi connectivity index (χ3n) is 3.11. The number of hydrogen-bond donors (Lipinski definition) is 3. The van der Waals surface area contributed by atoms with Gasteiger partial charge in [0.25, 0.3) is 5.91 Å². The second-order valence-electron chi connectivity index (χ2n) is 4.59. The van der Waals surface area contributed by atoms with E-state index in [1.807, 2.05) is 0 Å². The Labute approximate surface area is 104 Å².